The normalized spacial score (nSPS) is 19.2. The number of amides is 2. The van der Waals surface area contributed by atoms with E-state index in [0.717, 1.165) is 26.4 Å². The second kappa shape index (κ2) is 5.34. The Balaban J connectivity index is 2.32. The lowest BCUT2D eigenvalue weighted by atomic mass is 9.91. The summed E-state index contributed by atoms with van der Waals surface area (Å²) in [6, 6.07) is 2.35. The minimum atomic E-state index is -5.38. The third-order valence-corrected chi connectivity index (χ3v) is 4.08. The molecule has 2 aromatic rings. The van der Waals surface area contributed by atoms with Crippen molar-refractivity contribution in [3.63, 3.8) is 0 Å². The smallest absolute Gasteiger partial charge is 0.425 e. The monoisotopic (exact) mass is 372 g/mol. The summed E-state index contributed by atoms with van der Waals surface area (Å²) in [7, 11) is 2.05. The van der Waals surface area contributed by atoms with Crippen LogP contribution in [0.3, 0.4) is 0 Å². The lowest BCUT2D eigenvalue weighted by Gasteiger charge is -2.29. The molecule has 0 aliphatic carbocycles. The fraction of sp³-hybridized carbons (Fsp3) is 0.286. The van der Waals surface area contributed by atoms with Crippen LogP contribution < -0.4 is 21.9 Å². The number of carbonyl (C=O) groups is 2. The molecule has 3 rings (SSSR count). The molecule has 138 valence electrons. The van der Waals surface area contributed by atoms with Crippen molar-refractivity contribution < 1.29 is 27.2 Å². The molecule has 9 nitrogen and oxygen atoms in total. The van der Waals surface area contributed by atoms with E-state index in [-0.39, 0.29) is 0 Å². The molecular weight excluding hydrogens is 361 g/mol. The molecule has 0 bridgehead atoms. The molecule has 2 N–H and O–H groups in total. The van der Waals surface area contributed by atoms with E-state index in [1.54, 1.807) is 5.32 Å². The van der Waals surface area contributed by atoms with Gasteiger partial charge in [-0.2, -0.15) is 13.2 Å². The predicted molar refractivity (Wildman–Crippen MR) is 79.5 cm³/mol. The van der Waals surface area contributed by atoms with E-state index in [0.29, 0.717) is 9.13 Å². The topological polar surface area (TPSA) is 115 Å². The van der Waals surface area contributed by atoms with Crippen molar-refractivity contribution in [1.82, 2.24) is 14.5 Å². The summed E-state index contributed by atoms with van der Waals surface area (Å²) in [5.41, 5.74) is -7.07. The first-order valence-electron chi connectivity index (χ1n) is 7.07. The van der Waals surface area contributed by atoms with E-state index in [1.807, 2.05) is 5.32 Å². The summed E-state index contributed by atoms with van der Waals surface area (Å²) in [6.07, 6.45) is -4.32. The van der Waals surface area contributed by atoms with Crippen LogP contribution in [-0.4, -0.2) is 27.1 Å². The minimum absolute atomic E-state index is 0.415. The standard InChI is InChI=1S/C14H11F3N4O5/c1-20-8-7(10(23)21(2)12(20)25)13(11(24)18-8,14(15,16)17)19-9(22)6-4-3-5-26-6/h3-5H,1-2H3,(H,18,24)(H,19,22)/t13-/m1/s1. The summed E-state index contributed by atoms with van der Waals surface area (Å²) in [5.74, 6) is -4.19. The van der Waals surface area contributed by atoms with Crippen molar-refractivity contribution in [1.29, 1.82) is 0 Å². The zero-order chi connectivity index (χ0) is 19.4. The number of furan rings is 1. The lowest BCUT2D eigenvalue weighted by Crippen LogP contribution is -2.62. The molecule has 0 unspecified atom stereocenters. The van der Waals surface area contributed by atoms with Gasteiger partial charge in [-0.25, -0.2) is 4.79 Å². The van der Waals surface area contributed by atoms with Gasteiger partial charge in [0.1, 0.15) is 11.4 Å². The van der Waals surface area contributed by atoms with Gasteiger partial charge in [0.25, 0.3) is 22.9 Å². The molecule has 0 fully saturated rings. The van der Waals surface area contributed by atoms with Crippen molar-refractivity contribution in [2.45, 2.75) is 11.7 Å². The fourth-order valence-corrected chi connectivity index (χ4v) is 2.74. The number of hydrogen-bond acceptors (Lipinski definition) is 5. The van der Waals surface area contributed by atoms with Crippen molar-refractivity contribution in [3.8, 4) is 0 Å². The molecule has 3 heterocycles. The van der Waals surface area contributed by atoms with Gasteiger partial charge in [-0.15, -0.1) is 0 Å². The van der Waals surface area contributed by atoms with Crippen LogP contribution in [0.1, 0.15) is 16.1 Å². The lowest BCUT2D eigenvalue weighted by molar-refractivity contribution is -0.196. The number of fused-ring (bicyclic) bond motifs is 1. The Bertz CT molecular complexity index is 1030. The first-order chi connectivity index (χ1) is 12.0. The summed E-state index contributed by atoms with van der Waals surface area (Å²) < 4.78 is 47.7. The Morgan fingerprint density at radius 1 is 1.23 bits per heavy atom. The zero-order valence-electron chi connectivity index (χ0n) is 13.3. The highest BCUT2D eigenvalue weighted by Gasteiger charge is 2.68. The molecule has 0 radical (unpaired) electrons. The highest BCUT2D eigenvalue weighted by molar-refractivity contribution is 6.08. The third-order valence-electron chi connectivity index (χ3n) is 4.08. The Kier molecular flexibility index (Phi) is 3.60. The molecule has 0 spiro atoms. The van der Waals surface area contributed by atoms with Crippen molar-refractivity contribution in [2.75, 3.05) is 5.32 Å². The average molecular weight is 372 g/mol. The maximum absolute atomic E-state index is 13.9. The summed E-state index contributed by atoms with van der Waals surface area (Å²) in [4.78, 5) is 48.8. The molecule has 26 heavy (non-hydrogen) atoms. The van der Waals surface area contributed by atoms with Gasteiger partial charge in [-0.05, 0) is 12.1 Å². The molecule has 1 aliphatic heterocycles. The number of aromatic nitrogens is 2. The molecule has 2 amide bonds. The molecule has 0 saturated heterocycles. The number of alkyl halides is 3. The van der Waals surface area contributed by atoms with E-state index in [1.165, 1.54) is 6.07 Å². The zero-order valence-corrected chi connectivity index (χ0v) is 13.3. The van der Waals surface area contributed by atoms with Crippen molar-refractivity contribution in [3.05, 3.63) is 50.6 Å². The molecule has 0 saturated carbocycles. The van der Waals surface area contributed by atoms with E-state index in [4.69, 9.17) is 4.42 Å². The second-order valence-corrected chi connectivity index (χ2v) is 5.56. The highest BCUT2D eigenvalue weighted by atomic mass is 19.4. The SMILES string of the molecule is Cn1c2c(c(=O)n(C)c1=O)[C@](NC(=O)c1ccco1)(C(F)(F)F)C(=O)N2. The van der Waals surface area contributed by atoms with Crippen molar-refractivity contribution >= 4 is 17.6 Å². The summed E-state index contributed by atoms with van der Waals surface area (Å²) >= 11 is 0. The van der Waals surface area contributed by atoms with E-state index in [9.17, 15) is 32.3 Å². The summed E-state index contributed by atoms with van der Waals surface area (Å²) in [5, 5.41) is 3.43. The van der Waals surface area contributed by atoms with Gasteiger partial charge in [-0.3, -0.25) is 23.5 Å². The van der Waals surface area contributed by atoms with Gasteiger partial charge in [0.05, 0.1) is 6.26 Å². The van der Waals surface area contributed by atoms with Crippen LogP contribution in [0.25, 0.3) is 0 Å². The fourth-order valence-electron chi connectivity index (χ4n) is 2.74. The van der Waals surface area contributed by atoms with E-state index >= 15 is 0 Å². The van der Waals surface area contributed by atoms with Gasteiger partial charge < -0.3 is 15.1 Å². The second-order valence-electron chi connectivity index (χ2n) is 5.56. The van der Waals surface area contributed by atoms with Crippen LogP contribution in [0, 0.1) is 0 Å². The number of halogens is 3. The van der Waals surface area contributed by atoms with Crippen LogP contribution in [-0.2, 0) is 24.4 Å². The minimum Gasteiger partial charge on any atom is -0.459 e. The largest absolute Gasteiger partial charge is 0.459 e. The van der Waals surface area contributed by atoms with Crippen LogP contribution in [0.5, 0.6) is 0 Å². The van der Waals surface area contributed by atoms with Crippen LogP contribution in [0.15, 0.2) is 32.4 Å². The first-order valence-corrected chi connectivity index (χ1v) is 7.07. The Hall–Kier alpha value is -3.31. The summed E-state index contributed by atoms with van der Waals surface area (Å²) in [6.45, 7) is 0. The Morgan fingerprint density at radius 3 is 2.42 bits per heavy atom. The van der Waals surface area contributed by atoms with Crippen LogP contribution in [0.4, 0.5) is 19.0 Å². The van der Waals surface area contributed by atoms with E-state index in [2.05, 4.69) is 0 Å². The number of nitrogens with zero attached hydrogens (tertiary/aromatic N) is 2. The number of nitrogens with one attached hydrogen (secondary N) is 2. The number of anilines is 1. The predicted octanol–water partition coefficient (Wildman–Crippen LogP) is -0.183. The molecule has 12 heteroatoms. The van der Waals surface area contributed by atoms with Gasteiger partial charge in [0, 0.05) is 14.1 Å². The number of hydrogen-bond donors (Lipinski definition) is 2. The van der Waals surface area contributed by atoms with Crippen LogP contribution >= 0.6 is 0 Å². The maximum Gasteiger partial charge on any atom is 0.425 e. The molecule has 0 aromatic carbocycles. The Labute approximate surface area is 142 Å². The first kappa shape index (κ1) is 17.5. The molecule has 2 aromatic heterocycles. The highest BCUT2D eigenvalue weighted by Crippen LogP contribution is 2.44. The quantitative estimate of drug-likeness (QED) is 0.759. The molecule has 1 aliphatic rings. The van der Waals surface area contributed by atoms with E-state index < -0.39 is 51.9 Å². The van der Waals surface area contributed by atoms with Gasteiger partial charge in [0.2, 0.25) is 0 Å². The van der Waals surface area contributed by atoms with Crippen molar-refractivity contribution in [2.24, 2.45) is 14.1 Å². The van der Waals surface area contributed by atoms with Gasteiger partial charge >= 0.3 is 11.9 Å². The van der Waals surface area contributed by atoms with Gasteiger partial charge in [0.15, 0.2) is 5.76 Å². The molecule has 1 atom stereocenters. The maximum atomic E-state index is 13.9. The van der Waals surface area contributed by atoms with Crippen LogP contribution in [0.2, 0.25) is 0 Å². The third kappa shape index (κ3) is 2.11. The average Bonchev–Trinajstić information content (AvgIpc) is 3.18. The molecular formula is C14H11F3N4O5. The number of carbonyl (C=O) groups excluding carboxylic acids is 2. The number of rotatable bonds is 2. The Morgan fingerprint density at radius 2 is 1.88 bits per heavy atom. The van der Waals surface area contributed by atoms with Gasteiger partial charge in [-0.1, -0.05) is 0 Å².